The maximum Gasteiger partial charge on any atom is 0.220 e. The average molecular weight is 360 g/mol. The largest absolute Gasteiger partial charge is 0.370 e. The van der Waals surface area contributed by atoms with Gasteiger partial charge in [0.25, 0.3) is 0 Å². The van der Waals surface area contributed by atoms with Crippen molar-refractivity contribution in [3.05, 3.63) is 29.3 Å². The monoisotopic (exact) mass is 360 g/mol. The number of guanidine groups is 1. The van der Waals surface area contributed by atoms with Crippen LogP contribution in [0.3, 0.4) is 0 Å². The summed E-state index contributed by atoms with van der Waals surface area (Å²) in [5, 5.41) is 8.42. The normalized spacial score (nSPS) is 11.4. The third-order valence-corrected chi connectivity index (χ3v) is 4.15. The van der Waals surface area contributed by atoms with Crippen molar-refractivity contribution in [3.63, 3.8) is 0 Å². The first-order chi connectivity index (χ1) is 12.1. The number of rotatable bonds is 8. The second-order valence-electron chi connectivity index (χ2n) is 5.43. The molecule has 0 spiro atoms. The zero-order valence-corrected chi connectivity index (χ0v) is 15.4. The van der Waals surface area contributed by atoms with Crippen molar-refractivity contribution in [3.8, 4) is 11.4 Å². The first-order valence-electron chi connectivity index (χ1n) is 8.37. The van der Waals surface area contributed by atoms with Gasteiger partial charge in [0.1, 0.15) is 5.69 Å². The summed E-state index contributed by atoms with van der Waals surface area (Å²) in [5.41, 5.74) is 8.16. The minimum Gasteiger partial charge on any atom is -0.370 e. The minimum atomic E-state index is 0.00480. The molecule has 7 nitrogen and oxygen atoms in total. The number of nitrogens with two attached hydrogens (primary N) is 1. The number of aliphatic imine (C=N–C) groups is 1. The Hall–Kier alpha value is -2.48. The molecular formula is C17H24N6OS. The summed E-state index contributed by atoms with van der Waals surface area (Å²) in [6.45, 7) is 5.05. The van der Waals surface area contributed by atoms with Crippen molar-refractivity contribution in [2.24, 2.45) is 10.7 Å². The Bertz CT molecular complexity index is 727. The van der Waals surface area contributed by atoms with Gasteiger partial charge in [-0.2, -0.15) is 0 Å². The van der Waals surface area contributed by atoms with Gasteiger partial charge in [-0.1, -0.05) is 26.3 Å². The number of pyridine rings is 1. The van der Waals surface area contributed by atoms with E-state index < -0.39 is 0 Å². The Morgan fingerprint density at radius 1 is 1.28 bits per heavy atom. The van der Waals surface area contributed by atoms with Crippen LogP contribution in [-0.4, -0.2) is 28.4 Å². The fraction of sp³-hybridized carbons (Fsp3) is 0.412. The third kappa shape index (κ3) is 6.15. The molecular weight excluding hydrogens is 336 g/mol. The van der Waals surface area contributed by atoms with Crippen LogP contribution in [0, 0.1) is 0 Å². The lowest BCUT2D eigenvalue weighted by Gasteiger charge is -2.04. The van der Waals surface area contributed by atoms with Crippen LogP contribution in [0.5, 0.6) is 0 Å². The van der Waals surface area contributed by atoms with E-state index in [4.69, 9.17) is 5.73 Å². The molecule has 0 saturated carbocycles. The molecule has 0 aliphatic carbocycles. The Morgan fingerprint density at radius 2 is 2.12 bits per heavy atom. The molecule has 2 heterocycles. The van der Waals surface area contributed by atoms with Crippen LogP contribution >= 0.6 is 11.3 Å². The van der Waals surface area contributed by atoms with Crippen molar-refractivity contribution in [1.29, 1.82) is 0 Å². The van der Waals surface area contributed by atoms with Gasteiger partial charge in [-0.05, 0) is 18.6 Å². The number of unbranched alkanes of at least 4 members (excludes halogenated alkanes) is 1. The van der Waals surface area contributed by atoms with Crippen molar-refractivity contribution >= 4 is 28.3 Å². The number of amides is 1. The molecule has 0 aliphatic rings. The molecule has 25 heavy (non-hydrogen) atoms. The zero-order valence-electron chi connectivity index (χ0n) is 14.6. The fourth-order valence-electron chi connectivity index (χ4n) is 1.99. The zero-order chi connectivity index (χ0) is 18.1. The van der Waals surface area contributed by atoms with Crippen molar-refractivity contribution in [2.45, 2.75) is 39.7 Å². The van der Waals surface area contributed by atoms with Crippen LogP contribution in [0.25, 0.3) is 11.4 Å². The number of thiazole rings is 1. The van der Waals surface area contributed by atoms with Gasteiger partial charge in [0.15, 0.2) is 11.1 Å². The molecule has 0 saturated heterocycles. The first-order valence-corrected chi connectivity index (χ1v) is 9.25. The fourth-order valence-corrected chi connectivity index (χ4v) is 2.70. The van der Waals surface area contributed by atoms with E-state index in [1.165, 1.54) is 11.3 Å². The summed E-state index contributed by atoms with van der Waals surface area (Å²) in [5.74, 6) is 0.378. The quantitative estimate of drug-likeness (QED) is 0.381. The molecule has 134 valence electrons. The average Bonchev–Trinajstić information content (AvgIpc) is 3.08. The van der Waals surface area contributed by atoms with E-state index in [9.17, 15) is 4.79 Å². The topological polar surface area (TPSA) is 105 Å². The maximum absolute atomic E-state index is 11.4. The minimum absolute atomic E-state index is 0.00480. The number of carbonyl (C=O) groups excluding carboxylic acids is 1. The summed E-state index contributed by atoms with van der Waals surface area (Å²) in [6.07, 6.45) is 2.55. The first kappa shape index (κ1) is 18.9. The van der Waals surface area contributed by atoms with Crippen molar-refractivity contribution in [1.82, 2.24) is 15.3 Å². The number of hydrogen-bond acceptors (Lipinski definition) is 5. The van der Waals surface area contributed by atoms with E-state index in [2.05, 4.69) is 32.5 Å². The van der Waals surface area contributed by atoms with Crippen LogP contribution in [0.2, 0.25) is 0 Å². The number of hydrogen-bond donors (Lipinski definition) is 3. The number of aromatic nitrogens is 2. The highest BCUT2D eigenvalue weighted by atomic mass is 32.1. The number of carbonyl (C=O) groups is 1. The van der Waals surface area contributed by atoms with Crippen LogP contribution < -0.4 is 16.4 Å². The van der Waals surface area contributed by atoms with Crippen molar-refractivity contribution in [2.75, 3.05) is 11.9 Å². The number of nitrogens with one attached hydrogen (secondary N) is 2. The molecule has 2 rings (SSSR count). The third-order valence-electron chi connectivity index (χ3n) is 3.39. The number of nitrogens with zero attached hydrogens (tertiary/aromatic N) is 3. The Kier molecular flexibility index (Phi) is 7.34. The van der Waals surface area contributed by atoms with E-state index in [0.717, 1.165) is 29.9 Å². The second kappa shape index (κ2) is 9.73. The Labute approximate surface area is 151 Å². The summed E-state index contributed by atoms with van der Waals surface area (Å²) >= 11 is 1.45. The summed E-state index contributed by atoms with van der Waals surface area (Å²) in [6, 6.07) is 5.68. The van der Waals surface area contributed by atoms with E-state index in [1.807, 2.05) is 30.5 Å². The van der Waals surface area contributed by atoms with Crippen LogP contribution in [0.4, 0.5) is 5.13 Å². The van der Waals surface area contributed by atoms with E-state index in [0.29, 0.717) is 30.6 Å². The molecule has 0 atom stereocenters. The maximum atomic E-state index is 11.4. The van der Waals surface area contributed by atoms with E-state index in [1.54, 1.807) is 0 Å². The van der Waals surface area contributed by atoms with E-state index >= 15 is 0 Å². The van der Waals surface area contributed by atoms with Crippen LogP contribution in [-0.2, 0) is 11.3 Å². The van der Waals surface area contributed by atoms with Gasteiger partial charge in [0.2, 0.25) is 5.91 Å². The van der Waals surface area contributed by atoms with Gasteiger partial charge in [-0.15, -0.1) is 11.3 Å². The van der Waals surface area contributed by atoms with Gasteiger partial charge < -0.3 is 16.4 Å². The molecule has 0 bridgehead atoms. The SMILES string of the molecule is CCCCN=C(N)Nc1nc(-c2cccc(CNC(=O)CC)n2)cs1. The van der Waals surface area contributed by atoms with Crippen LogP contribution in [0.1, 0.15) is 38.8 Å². The highest BCUT2D eigenvalue weighted by Crippen LogP contribution is 2.23. The molecule has 1 amide bonds. The molecule has 0 aliphatic heterocycles. The van der Waals surface area contributed by atoms with Gasteiger partial charge >= 0.3 is 0 Å². The molecule has 4 N–H and O–H groups in total. The van der Waals surface area contributed by atoms with Gasteiger partial charge in [0.05, 0.1) is 17.9 Å². The summed E-state index contributed by atoms with van der Waals surface area (Å²) in [7, 11) is 0. The predicted molar refractivity (Wildman–Crippen MR) is 103 cm³/mol. The molecule has 2 aromatic rings. The number of anilines is 1. The van der Waals surface area contributed by atoms with Crippen molar-refractivity contribution < 1.29 is 4.79 Å². The standard InChI is InChI=1S/C17H24N6OS/c1-3-5-9-19-16(18)23-17-22-14(11-25-17)13-8-6-7-12(21-13)10-20-15(24)4-2/h6-8,11H,3-5,9-10H2,1-2H3,(H,20,24)(H3,18,19,22,23). The van der Waals surface area contributed by atoms with Gasteiger partial charge in [-0.25, -0.2) is 9.97 Å². The molecule has 2 aromatic heterocycles. The molecule has 0 unspecified atom stereocenters. The van der Waals surface area contributed by atoms with Crippen LogP contribution in [0.15, 0.2) is 28.6 Å². The lowest BCUT2D eigenvalue weighted by Crippen LogP contribution is -2.22. The smallest absolute Gasteiger partial charge is 0.220 e. The summed E-state index contributed by atoms with van der Waals surface area (Å²) in [4.78, 5) is 24.6. The molecule has 0 fully saturated rings. The second-order valence-corrected chi connectivity index (χ2v) is 6.29. The van der Waals surface area contributed by atoms with E-state index in [-0.39, 0.29) is 5.91 Å². The predicted octanol–water partition coefficient (Wildman–Crippen LogP) is 2.76. The Morgan fingerprint density at radius 3 is 2.88 bits per heavy atom. The highest BCUT2D eigenvalue weighted by molar-refractivity contribution is 7.14. The lowest BCUT2D eigenvalue weighted by atomic mass is 10.2. The molecule has 8 heteroatoms. The lowest BCUT2D eigenvalue weighted by molar-refractivity contribution is -0.120. The van der Waals surface area contributed by atoms with Gasteiger partial charge in [0, 0.05) is 18.3 Å². The Balaban J connectivity index is 2.01. The highest BCUT2D eigenvalue weighted by Gasteiger charge is 2.08. The molecule has 0 radical (unpaired) electrons. The summed E-state index contributed by atoms with van der Waals surface area (Å²) < 4.78 is 0. The van der Waals surface area contributed by atoms with Gasteiger partial charge in [-0.3, -0.25) is 9.79 Å². The molecule has 0 aromatic carbocycles.